The van der Waals surface area contributed by atoms with Crippen LogP contribution in [0.25, 0.3) is 0 Å². The average molecular weight is 304 g/mol. The molecule has 0 spiro atoms. The number of hydrogen-bond donors (Lipinski definition) is 1. The van der Waals surface area contributed by atoms with E-state index in [9.17, 15) is 4.79 Å². The molecule has 0 aromatic carbocycles. The largest absolute Gasteiger partial charge is 0.478 e. The predicted octanol–water partition coefficient (Wildman–Crippen LogP) is 5.60. The van der Waals surface area contributed by atoms with Gasteiger partial charge in [0, 0.05) is 6.08 Å². The van der Waals surface area contributed by atoms with Gasteiger partial charge in [-0.25, -0.2) is 4.79 Å². The number of carboxylic acid groups (broad SMARTS) is 1. The van der Waals surface area contributed by atoms with Crippen LogP contribution in [-0.4, -0.2) is 11.1 Å². The fourth-order valence-electron chi connectivity index (χ4n) is 5.35. The van der Waals surface area contributed by atoms with Gasteiger partial charge in [-0.05, 0) is 68.6 Å². The van der Waals surface area contributed by atoms with Gasteiger partial charge >= 0.3 is 5.97 Å². The van der Waals surface area contributed by atoms with Crippen LogP contribution in [0.15, 0.2) is 23.3 Å². The molecule has 0 bridgehead atoms. The van der Waals surface area contributed by atoms with Crippen molar-refractivity contribution in [3.8, 4) is 0 Å². The van der Waals surface area contributed by atoms with E-state index < -0.39 is 5.97 Å². The zero-order valence-electron chi connectivity index (χ0n) is 14.9. The van der Waals surface area contributed by atoms with E-state index in [1.54, 1.807) is 0 Å². The first kappa shape index (κ1) is 17.3. The summed E-state index contributed by atoms with van der Waals surface area (Å²) in [6.45, 7) is 11.6. The highest BCUT2D eigenvalue weighted by Gasteiger charge is 2.51. The Kier molecular flexibility index (Phi) is 4.89. The van der Waals surface area contributed by atoms with Crippen molar-refractivity contribution in [1.29, 1.82) is 0 Å². The number of rotatable bonds is 4. The fourth-order valence-corrected chi connectivity index (χ4v) is 5.35. The summed E-state index contributed by atoms with van der Waals surface area (Å²) >= 11 is 0. The quantitative estimate of drug-likeness (QED) is 0.542. The van der Waals surface area contributed by atoms with Crippen LogP contribution < -0.4 is 0 Å². The molecule has 3 atom stereocenters. The molecule has 2 heteroatoms. The monoisotopic (exact) mass is 304 g/mol. The van der Waals surface area contributed by atoms with E-state index in [0.29, 0.717) is 16.7 Å². The Labute approximate surface area is 135 Å². The first-order valence-corrected chi connectivity index (χ1v) is 8.73. The number of hydrogen-bond acceptors (Lipinski definition) is 1. The molecule has 0 radical (unpaired) electrons. The zero-order chi connectivity index (χ0) is 16.5. The molecule has 124 valence electrons. The molecule has 0 aliphatic heterocycles. The van der Waals surface area contributed by atoms with E-state index in [-0.39, 0.29) is 0 Å². The second-order valence-electron chi connectivity index (χ2n) is 8.50. The lowest BCUT2D eigenvalue weighted by Crippen LogP contribution is -2.48. The lowest BCUT2D eigenvalue weighted by Gasteiger charge is -2.57. The molecule has 2 aliphatic carbocycles. The SMILES string of the molecule is CC1=CCC2C(C)(C)CCCC2(C)C1CC/C(C)=C\C(=O)O. The second-order valence-corrected chi connectivity index (χ2v) is 8.50. The predicted molar refractivity (Wildman–Crippen MR) is 91.7 cm³/mol. The molecule has 2 aliphatic rings. The molecule has 22 heavy (non-hydrogen) atoms. The van der Waals surface area contributed by atoms with Crippen LogP contribution >= 0.6 is 0 Å². The zero-order valence-corrected chi connectivity index (χ0v) is 14.9. The number of fused-ring (bicyclic) bond motifs is 1. The Balaban J connectivity index is 2.20. The van der Waals surface area contributed by atoms with Crippen LogP contribution in [0.2, 0.25) is 0 Å². The van der Waals surface area contributed by atoms with Gasteiger partial charge in [0.1, 0.15) is 0 Å². The molecule has 2 nitrogen and oxygen atoms in total. The minimum atomic E-state index is -0.823. The van der Waals surface area contributed by atoms with Crippen molar-refractivity contribution in [3.63, 3.8) is 0 Å². The van der Waals surface area contributed by atoms with Gasteiger partial charge in [0.15, 0.2) is 0 Å². The number of carbonyl (C=O) groups is 1. The van der Waals surface area contributed by atoms with Gasteiger partial charge < -0.3 is 5.11 Å². The molecule has 1 fully saturated rings. The minimum Gasteiger partial charge on any atom is -0.478 e. The maximum atomic E-state index is 10.8. The first-order chi connectivity index (χ1) is 10.2. The average Bonchev–Trinajstić information content (AvgIpc) is 2.35. The maximum Gasteiger partial charge on any atom is 0.328 e. The molecule has 3 unspecified atom stereocenters. The normalized spacial score (nSPS) is 34.8. The summed E-state index contributed by atoms with van der Waals surface area (Å²) in [7, 11) is 0. The van der Waals surface area contributed by atoms with E-state index in [4.69, 9.17) is 5.11 Å². The van der Waals surface area contributed by atoms with Crippen LogP contribution in [0.1, 0.15) is 73.1 Å². The molecule has 0 aromatic heterocycles. The van der Waals surface area contributed by atoms with Gasteiger partial charge in [0.2, 0.25) is 0 Å². The highest BCUT2D eigenvalue weighted by atomic mass is 16.4. The summed E-state index contributed by atoms with van der Waals surface area (Å²) < 4.78 is 0. The molecule has 1 N–H and O–H groups in total. The maximum absolute atomic E-state index is 10.8. The third-order valence-corrected chi connectivity index (χ3v) is 6.49. The van der Waals surface area contributed by atoms with Crippen molar-refractivity contribution in [1.82, 2.24) is 0 Å². The van der Waals surface area contributed by atoms with Gasteiger partial charge in [-0.1, -0.05) is 44.4 Å². The number of allylic oxidation sites excluding steroid dienone is 3. The standard InChI is InChI=1S/C20H32O2/c1-14(13-18(21)22)7-9-16-15(2)8-10-17-19(3,4)11-6-12-20(16,17)5/h8,13,16-17H,6-7,9-12H2,1-5H3,(H,21,22)/b14-13-. The number of carboxylic acids is 1. The Bertz CT molecular complexity index is 498. The molecule has 0 heterocycles. The minimum absolute atomic E-state index is 0.379. The van der Waals surface area contributed by atoms with Crippen LogP contribution in [-0.2, 0) is 4.79 Å². The van der Waals surface area contributed by atoms with Crippen molar-refractivity contribution in [2.24, 2.45) is 22.7 Å². The summed E-state index contributed by atoms with van der Waals surface area (Å²) in [6, 6.07) is 0. The second kappa shape index (κ2) is 6.22. The van der Waals surface area contributed by atoms with Gasteiger partial charge in [-0.3, -0.25) is 0 Å². The van der Waals surface area contributed by atoms with Gasteiger partial charge in [0.05, 0.1) is 0 Å². The Morgan fingerprint density at radius 2 is 2.05 bits per heavy atom. The third kappa shape index (κ3) is 3.31. The van der Waals surface area contributed by atoms with E-state index in [2.05, 4.69) is 33.8 Å². The van der Waals surface area contributed by atoms with E-state index in [1.807, 2.05) is 6.92 Å². The smallest absolute Gasteiger partial charge is 0.328 e. The molecule has 0 aromatic rings. The summed E-state index contributed by atoms with van der Waals surface area (Å²) in [5.74, 6) is 0.533. The summed E-state index contributed by atoms with van der Waals surface area (Å²) in [4.78, 5) is 10.8. The number of aliphatic carboxylic acids is 1. The van der Waals surface area contributed by atoms with Crippen molar-refractivity contribution in [2.75, 3.05) is 0 Å². The Morgan fingerprint density at radius 3 is 2.68 bits per heavy atom. The van der Waals surface area contributed by atoms with Gasteiger partial charge in [0.25, 0.3) is 0 Å². The van der Waals surface area contributed by atoms with Gasteiger partial charge in [-0.2, -0.15) is 0 Å². The summed E-state index contributed by atoms with van der Waals surface area (Å²) in [5.41, 5.74) is 3.32. The lowest BCUT2D eigenvalue weighted by molar-refractivity contribution is -0.131. The van der Waals surface area contributed by atoms with Crippen molar-refractivity contribution in [3.05, 3.63) is 23.3 Å². The summed E-state index contributed by atoms with van der Waals surface area (Å²) in [5, 5.41) is 8.89. The van der Waals surface area contributed by atoms with Crippen LogP contribution in [0, 0.1) is 22.7 Å². The topological polar surface area (TPSA) is 37.3 Å². The van der Waals surface area contributed by atoms with Crippen molar-refractivity contribution in [2.45, 2.75) is 73.1 Å². The Hall–Kier alpha value is -1.05. The van der Waals surface area contributed by atoms with Gasteiger partial charge in [-0.15, -0.1) is 0 Å². The molecular formula is C20H32O2. The van der Waals surface area contributed by atoms with Crippen LogP contribution in [0.3, 0.4) is 0 Å². The third-order valence-electron chi connectivity index (χ3n) is 6.49. The molecule has 0 amide bonds. The van der Waals surface area contributed by atoms with Crippen molar-refractivity contribution >= 4 is 5.97 Å². The molecule has 1 saturated carbocycles. The molecular weight excluding hydrogens is 272 g/mol. The first-order valence-electron chi connectivity index (χ1n) is 8.73. The lowest BCUT2D eigenvalue weighted by atomic mass is 9.48. The molecule has 2 rings (SSSR count). The van der Waals surface area contributed by atoms with E-state index in [0.717, 1.165) is 24.3 Å². The van der Waals surface area contributed by atoms with Crippen LogP contribution in [0.5, 0.6) is 0 Å². The molecule has 0 saturated heterocycles. The van der Waals surface area contributed by atoms with E-state index in [1.165, 1.54) is 37.3 Å². The Morgan fingerprint density at radius 1 is 1.36 bits per heavy atom. The highest BCUT2D eigenvalue weighted by molar-refractivity contribution is 5.80. The van der Waals surface area contributed by atoms with Crippen molar-refractivity contribution < 1.29 is 9.90 Å². The van der Waals surface area contributed by atoms with Crippen LogP contribution in [0.4, 0.5) is 0 Å². The highest BCUT2D eigenvalue weighted by Crippen LogP contribution is 2.60. The summed E-state index contributed by atoms with van der Waals surface area (Å²) in [6.07, 6.45) is 11.0. The van der Waals surface area contributed by atoms with E-state index >= 15 is 0 Å². The fraction of sp³-hybridized carbons (Fsp3) is 0.750.